The maximum atomic E-state index is 12.4. The second-order valence-corrected chi connectivity index (χ2v) is 3.65. The molecule has 0 aliphatic rings. The van der Waals surface area contributed by atoms with Crippen molar-refractivity contribution in [1.82, 2.24) is 0 Å². The van der Waals surface area contributed by atoms with Crippen LogP contribution < -0.4 is 0 Å². The van der Waals surface area contributed by atoms with Gasteiger partial charge in [-0.05, 0) is 28.1 Å². The van der Waals surface area contributed by atoms with E-state index < -0.39 is 23.3 Å². The lowest BCUT2D eigenvalue weighted by atomic mass is 10.0. The van der Waals surface area contributed by atoms with Crippen molar-refractivity contribution in [2.45, 2.75) is 6.18 Å². The van der Waals surface area contributed by atoms with E-state index in [0.29, 0.717) is 12.1 Å². The first kappa shape index (κ1) is 12.5. The predicted molar refractivity (Wildman–Crippen MR) is 50.8 cm³/mol. The lowest BCUT2D eigenvalue weighted by molar-refractivity contribution is -0.137. The molecule has 1 N–H and O–H groups in total. The van der Waals surface area contributed by atoms with Gasteiger partial charge in [0.1, 0.15) is 0 Å². The number of hydrogen-bond acceptors (Lipinski definition) is 2. The molecule has 0 radical (unpaired) electrons. The summed E-state index contributed by atoms with van der Waals surface area (Å²) in [6.07, 6.45) is -4.69. The average molecular weight is 294 g/mol. The largest absolute Gasteiger partial charge is 0.478 e. The van der Waals surface area contributed by atoms with Crippen molar-refractivity contribution >= 4 is 21.9 Å². The molecule has 0 heterocycles. The molecule has 0 aliphatic carbocycles. The molecule has 16 heavy (non-hydrogen) atoms. The van der Waals surface area contributed by atoms with Crippen molar-refractivity contribution in [2.24, 2.45) is 0 Å². The van der Waals surface area contributed by atoms with Crippen LogP contribution in [0.1, 0.15) is 21.5 Å². The molecule has 84 valence electrons. The number of carboxylic acids is 1. The first-order valence-electron chi connectivity index (χ1n) is 3.81. The van der Waals surface area contributed by atoms with E-state index >= 15 is 0 Å². The van der Waals surface area contributed by atoms with Crippen molar-refractivity contribution in [3.63, 3.8) is 0 Å². The second-order valence-electron chi connectivity index (χ2n) is 2.79. The van der Waals surface area contributed by atoms with Gasteiger partial charge < -0.3 is 5.11 Å². The van der Waals surface area contributed by atoms with E-state index in [1.165, 1.54) is 6.07 Å². The standard InChI is InChI=1S/C9H3BrF3NO2/c10-7-2-6(9(11,12)13)4(3-14)1-5(7)8(15)16/h1-2H,(H,15,16). The van der Waals surface area contributed by atoms with Crippen LogP contribution in [0.5, 0.6) is 0 Å². The lowest BCUT2D eigenvalue weighted by Crippen LogP contribution is -2.10. The fourth-order valence-electron chi connectivity index (χ4n) is 1.06. The van der Waals surface area contributed by atoms with Crippen molar-refractivity contribution in [1.29, 1.82) is 5.26 Å². The Morgan fingerprint density at radius 3 is 2.38 bits per heavy atom. The zero-order valence-electron chi connectivity index (χ0n) is 7.47. The molecule has 0 spiro atoms. The molecule has 3 nitrogen and oxygen atoms in total. The van der Waals surface area contributed by atoms with E-state index in [9.17, 15) is 18.0 Å². The summed E-state index contributed by atoms with van der Waals surface area (Å²) in [4.78, 5) is 10.6. The normalized spacial score (nSPS) is 10.9. The molecule has 0 fully saturated rings. The number of alkyl halides is 3. The molecule has 0 unspecified atom stereocenters. The van der Waals surface area contributed by atoms with Gasteiger partial charge >= 0.3 is 12.1 Å². The van der Waals surface area contributed by atoms with Crippen LogP contribution in [-0.2, 0) is 6.18 Å². The summed E-state index contributed by atoms with van der Waals surface area (Å²) < 4.78 is 37.1. The highest BCUT2D eigenvalue weighted by molar-refractivity contribution is 9.10. The molecule has 0 aliphatic heterocycles. The third-order valence-electron chi connectivity index (χ3n) is 1.76. The maximum absolute atomic E-state index is 12.4. The highest BCUT2D eigenvalue weighted by Crippen LogP contribution is 2.35. The van der Waals surface area contributed by atoms with Crippen molar-refractivity contribution in [3.8, 4) is 6.07 Å². The molecule has 0 bridgehead atoms. The van der Waals surface area contributed by atoms with Gasteiger partial charge in [-0.25, -0.2) is 4.79 Å². The number of halogens is 4. The Morgan fingerprint density at radius 2 is 2.00 bits per heavy atom. The fourth-order valence-corrected chi connectivity index (χ4v) is 1.58. The number of carbonyl (C=O) groups is 1. The van der Waals surface area contributed by atoms with E-state index in [1.807, 2.05) is 0 Å². The number of nitrogens with zero attached hydrogens (tertiary/aromatic N) is 1. The summed E-state index contributed by atoms with van der Waals surface area (Å²) in [7, 11) is 0. The molecule has 7 heteroatoms. The number of benzene rings is 1. The van der Waals surface area contributed by atoms with Crippen LogP contribution in [0.15, 0.2) is 16.6 Å². The molecule has 0 amide bonds. The van der Waals surface area contributed by atoms with Gasteiger partial charge in [-0.15, -0.1) is 0 Å². The van der Waals surface area contributed by atoms with Gasteiger partial charge in [0.2, 0.25) is 0 Å². The highest BCUT2D eigenvalue weighted by Gasteiger charge is 2.34. The van der Waals surface area contributed by atoms with Gasteiger partial charge in [-0.3, -0.25) is 0 Å². The predicted octanol–water partition coefficient (Wildman–Crippen LogP) is 3.04. The molecular weight excluding hydrogens is 291 g/mol. The molecule has 1 aromatic rings. The van der Waals surface area contributed by atoms with Crippen LogP contribution in [0.25, 0.3) is 0 Å². The van der Waals surface area contributed by atoms with Gasteiger partial charge in [0.25, 0.3) is 0 Å². The number of hydrogen-bond donors (Lipinski definition) is 1. The van der Waals surface area contributed by atoms with Crippen molar-refractivity contribution < 1.29 is 23.1 Å². The zero-order chi connectivity index (χ0) is 12.5. The Morgan fingerprint density at radius 1 is 1.44 bits per heavy atom. The minimum atomic E-state index is -4.69. The van der Waals surface area contributed by atoms with Crippen LogP contribution in [0.3, 0.4) is 0 Å². The molecule has 0 aromatic heterocycles. The average Bonchev–Trinajstić information content (AvgIpc) is 2.15. The van der Waals surface area contributed by atoms with Gasteiger partial charge in [0, 0.05) is 4.47 Å². The minimum absolute atomic E-state index is 0.216. The molecule has 1 rings (SSSR count). The van der Waals surface area contributed by atoms with E-state index in [1.54, 1.807) is 0 Å². The lowest BCUT2D eigenvalue weighted by Gasteiger charge is -2.10. The Kier molecular flexibility index (Phi) is 3.24. The summed E-state index contributed by atoms with van der Waals surface area (Å²) in [5.41, 5.74) is -2.26. The Hall–Kier alpha value is -1.55. The molecule has 0 saturated carbocycles. The highest BCUT2D eigenvalue weighted by atomic mass is 79.9. The van der Waals surface area contributed by atoms with Gasteiger partial charge in [-0.1, -0.05) is 0 Å². The summed E-state index contributed by atoms with van der Waals surface area (Å²) in [5.74, 6) is -1.41. The summed E-state index contributed by atoms with van der Waals surface area (Å²) in [6, 6.07) is 2.60. The van der Waals surface area contributed by atoms with E-state index in [0.717, 1.165) is 0 Å². The summed E-state index contributed by atoms with van der Waals surface area (Å²) in [5, 5.41) is 17.2. The summed E-state index contributed by atoms with van der Waals surface area (Å²) >= 11 is 2.71. The first-order chi connectivity index (χ1) is 7.27. The van der Waals surface area contributed by atoms with Crippen LogP contribution >= 0.6 is 15.9 Å². The Bertz CT molecular complexity index is 491. The van der Waals surface area contributed by atoms with Gasteiger partial charge in [0.05, 0.1) is 22.8 Å². The number of carboxylic acid groups (broad SMARTS) is 1. The zero-order valence-corrected chi connectivity index (χ0v) is 9.06. The quantitative estimate of drug-likeness (QED) is 0.866. The van der Waals surface area contributed by atoms with Crippen LogP contribution in [0.4, 0.5) is 13.2 Å². The topological polar surface area (TPSA) is 61.1 Å². The minimum Gasteiger partial charge on any atom is -0.478 e. The molecule has 0 atom stereocenters. The molecule has 1 aromatic carbocycles. The number of rotatable bonds is 1. The number of nitriles is 1. The fraction of sp³-hybridized carbons (Fsp3) is 0.111. The van der Waals surface area contributed by atoms with Gasteiger partial charge in [0.15, 0.2) is 0 Å². The summed E-state index contributed by atoms with van der Waals surface area (Å²) in [6.45, 7) is 0. The van der Waals surface area contributed by atoms with Crippen LogP contribution in [0, 0.1) is 11.3 Å². The van der Waals surface area contributed by atoms with Crippen LogP contribution in [-0.4, -0.2) is 11.1 Å². The third kappa shape index (κ3) is 2.33. The van der Waals surface area contributed by atoms with E-state index in [2.05, 4.69) is 15.9 Å². The van der Waals surface area contributed by atoms with E-state index in [4.69, 9.17) is 10.4 Å². The van der Waals surface area contributed by atoms with Crippen molar-refractivity contribution in [2.75, 3.05) is 0 Å². The molecule has 0 saturated heterocycles. The van der Waals surface area contributed by atoms with E-state index in [-0.39, 0.29) is 10.0 Å². The van der Waals surface area contributed by atoms with Crippen molar-refractivity contribution in [3.05, 3.63) is 33.3 Å². The third-order valence-corrected chi connectivity index (χ3v) is 2.42. The molecular formula is C9H3BrF3NO2. The smallest absolute Gasteiger partial charge is 0.417 e. The maximum Gasteiger partial charge on any atom is 0.417 e. The van der Waals surface area contributed by atoms with Crippen LogP contribution in [0.2, 0.25) is 0 Å². The first-order valence-corrected chi connectivity index (χ1v) is 4.60. The Labute approximate surface area is 96.2 Å². The number of aromatic carboxylic acids is 1. The SMILES string of the molecule is N#Cc1cc(C(=O)O)c(Br)cc1C(F)(F)F. The second kappa shape index (κ2) is 4.14. The van der Waals surface area contributed by atoms with Gasteiger partial charge in [-0.2, -0.15) is 18.4 Å². The monoisotopic (exact) mass is 293 g/mol. The Balaban J connectivity index is 3.52.